The molecule has 4 aromatic rings. The highest BCUT2D eigenvalue weighted by Crippen LogP contribution is 2.25. The van der Waals surface area contributed by atoms with Crippen LogP contribution < -0.4 is 15.5 Å². The summed E-state index contributed by atoms with van der Waals surface area (Å²) in [5.41, 5.74) is 6.66. The molecule has 0 atom stereocenters. The molecule has 150 valence electrons. The summed E-state index contributed by atoms with van der Waals surface area (Å²) >= 11 is 1.55. The number of anilines is 2. The summed E-state index contributed by atoms with van der Waals surface area (Å²) < 4.78 is 6.67. The number of nitrogens with zero attached hydrogens (tertiary/aromatic N) is 2. The fourth-order valence-corrected chi connectivity index (χ4v) is 3.62. The first-order valence-electron chi connectivity index (χ1n) is 9.40. The second-order valence-corrected chi connectivity index (χ2v) is 7.66. The summed E-state index contributed by atoms with van der Waals surface area (Å²) in [4.78, 5) is 16.5. The highest BCUT2D eigenvalue weighted by molar-refractivity contribution is 7.22. The van der Waals surface area contributed by atoms with E-state index < -0.39 is 0 Å². The zero-order valence-electron chi connectivity index (χ0n) is 16.3. The van der Waals surface area contributed by atoms with Crippen LogP contribution in [0.5, 0.6) is 5.75 Å². The van der Waals surface area contributed by atoms with Crippen LogP contribution in [0.2, 0.25) is 0 Å². The van der Waals surface area contributed by atoms with Gasteiger partial charge in [-0.25, -0.2) is 4.98 Å². The molecule has 7 heteroatoms. The SMILES string of the molecule is Cc1cccc(NC(=O)COc2ccc(/C=N\Nc3nc4ccccc4s3)cc2)c1. The molecule has 2 N–H and O–H groups in total. The molecule has 0 saturated heterocycles. The molecule has 1 aromatic heterocycles. The van der Waals surface area contributed by atoms with Crippen LogP contribution >= 0.6 is 11.3 Å². The number of thiazole rings is 1. The Balaban J connectivity index is 1.27. The van der Waals surface area contributed by atoms with Crippen LogP contribution in [0.3, 0.4) is 0 Å². The second kappa shape index (κ2) is 9.19. The smallest absolute Gasteiger partial charge is 0.262 e. The van der Waals surface area contributed by atoms with E-state index >= 15 is 0 Å². The van der Waals surface area contributed by atoms with E-state index in [0.717, 1.165) is 32.2 Å². The Morgan fingerprint density at radius 3 is 2.73 bits per heavy atom. The number of benzene rings is 3. The van der Waals surface area contributed by atoms with Crippen molar-refractivity contribution in [2.45, 2.75) is 6.92 Å². The number of amides is 1. The number of carbonyl (C=O) groups excluding carboxylic acids is 1. The molecule has 0 bridgehead atoms. The van der Waals surface area contributed by atoms with Gasteiger partial charge in [0.1, 0.15) is 5.75 Å². The van der Waals surface area contributed by atoms with Gasteiger partial charge in [-0.15, -0.1) is 0 Å². The highest BCUT2D eigenvalue weighted by atomic mass is 32.1. The molecule has 6 nitrogen and oxygen atoms in total. The Bertz CT molecular complexity index is 1150. The van der Waals surface area contributed by atoms with Crippen LogP contribution in [0, 0.1) is 6.92 Å². The van der Waals surface area contributed by atoms with Crippen molar-refractivity contribution >= 4 is 44.5 Å². The Kier molecular flexibility index (Phi) is 6.01. The lowest BCUT2D eigenvalue weighted by atomic mass is 10.2. The predicted octanol–water partition coefficient (Wildman–Crippen LogP) is 5.07. The Hall–Kier alpha value is -3.71. The van der Waals surface area contributed by atoms with E-state index in [1.54, 1.807) is 29.7 Å². The Morgan fingerprint density at radius 1 is 1.10 bits per heavy atom. The molecule has 3 aromatic carbocycles. The number of rotatable bonds is 7. The predicted molar refractivity (Wildman–Crippen MR) is 123 cm³/mol. The minimum Gasteiger partial charge on any atom is -0.484 e. The second-order valence-electron chi connectivity index (χ2n) is 6.63. The van der Waals surface area contributed by atoms with Crippen LogP contribution in [0.1, 0.15) is 11.1 Å². The summed E-state index contributed by atoms with van der Waals surface area (Å²) in [7, 11) is 0. The molecular weight excluding hydrogens is 396 g/mol. The summed E-state index contributed by atoms with van der Waals surface area (Å²) in [6.45, 7) is 1.92. The number of nitrogens with one attached hydrogen (secondary N) is 2. The van der Waals surface area contributed by atoms with Crippen LogP contribution in [0.4, 0.5) is 10.8 Å². The zero-order valence-corrected chi connectivity index (χ0v) is 17.1. The average molecular weight is 417 g/mol. The lowest BCUT2D eigenvalue weighted by Gasteiger charge is -2.08. The normalized spacial score (nSPS) is 11.0. The number of hydrazone groups is 1. The highest BCUT2D eigenvalue weighted by Gasteiger charge is 2.04. The molecule has 0 spiro atoms. The largest absolute Gasteiger partial charge is 0.484 e. The van der Waals surface area contributed by atoms with Crippen molar-refractivity contribution in [2.24, 2.45) is 5.10 Å². The molecule has 0 radical (unpaired) electrons. The van der Waals surface area contributed by atoms with Crippen molar-refractivity contribution < 1.29 is 9.53 Å². The maximum Gasteiger partial charge on any atom is 0.262 e. The van der Waals surface area contributed by atoms with Crippen molar-refractivity contribution in [3.05, 3.63) is 83.9 Å². The van der Waals surface area contributed by atoms with E-state index in [2.05, 4.69) is 20.8 Å². The van der Waals surface area contributed by atoms with Crippen molar-refractivity contribution in [3.8, 4) is 5.75 Å². The van der Waals surface area contributed by atoms with Crippen LogP contribution in [0.25, 0.3) is 10.2 Å². The molecule has 0 aliphatic rings. The molecular formula is C23H20N4O2S. The maximum atomic E-state index is 12.0. The van der Waals surface area contributed by atoms with Crippen LogP contribution in [-0.4, -0.2) is 23.7 Å². The molecule has 1 heterocycles. The monoisotopic (exact) mass is 416 g/mol. The van der Waals surface area contributed by atoms with Gasteiger partial charge < -0.3 is 10.1 Å². The lowest BCUT2D eigenvalue weighted by molar-refractivity contribution is -0.118. The van der Waals surface area contributed by atoms with Gasteiger partial charge in [0.15, 0.2) is 6.61 Å². The number of fused-ring (bicyclic) bond motifs is 1. The topological polar surface area (TPSA) is 75.6 Å². The van der Waals surface area contributed by atoms with Crippen molar-refractivity contribution in [2.75, 3.05) is 17.3 Å². The molecule has 30 heavy (non-hydrogen) atoms. The zero-order chi connectivity index (χ0) is 20.8. The van der Waals surface area contributed by atoms with Gasteiger partial charge in [0.05, 0.1) is 16.4 Å². The van der Waals surface area contributed by atoms with Gasteiger partial charge in [-0.1, -0.05) is 35.6 Å². The average Bonchev–Trinajstić information content (AvgIpc) is 3.16. The molecule has 4 rings (SSSR count). The minimum absolute atomic E-state index is 0.0550. The van der Waals surface area contributed by atoms with Gasteiger partial charge in [-0.2, -0.15) is 5.10 Å². The lowest BCUT2D eigenvalue weighted by Crippen LogP contribution is -2.20. The van der Waals surface area contributed by atoms with E-state index in [-0.39, 0.29) is 12.5 Å². The molecule has 1 amide bonds. The third kappa shape index (κ3) is 5.21. The van der Waals surface area contributed by atoms with Crippen LogP contribution in [0.15, 0.2) is 77.9 Å². The van der Waals surface area contributed by atoms with E-state index in [1.165, 1.54) is 0 Å². The summed E-state index contributed by atoms with van der Waals surface area (Å²) in [5.74, 6) is 0.414. The van der Waals surface area contributed by atoms with Crippen LogP contribution in [-0.2, 0) is 4.79 Å². The number of aromatic nitrogens is 1. The van der Waals surface area contributed by atoms with Crippen molar-refractivity contribution in [1.29, 1.82) is 0 Å². The third-order valence-corrected chi connectivity index (χ3v) is 5.16. The molecule has 0 unspecified atom stereocenters. The number of hydrogen-bond donors (Lipinski definition) is 2. The maximum absolute atomic E-state index is 12.0. The third-order valence-electron chi connectivity index (χ3n) is 4.22. The minimum atomic E-state index is -0.203. The number of aryl methyl sites for hydroxylation is 1. The quantitative estimate of drug-likeness (QED) is 0.326. The Morgan fingerprint density at radius 2 is 1.93 bits per heavy atom. The molecule has 0 saturated carbocycles. The van der Waals surface area contributed by atoms with Gasteiger partial charge in [-0.3, -0.25) is 10.2 Å². The summed E-state index contributed by atoms with van der Waals surface area (Å²) in [6.07, 6.45) is 1.71. The van der Waals surface area contributed by atoms with E-state index in [1.807, 2.05) is 67.6 Å². The first-order chi connectivity index (χ1) is 14.7. The van der Waals surface area contributed by atoms with Gasteiger partial charge in [0.2, 0.25) is 5.13 Å². The fraction of sp³-hybridized carbons (Fsp3) is 0.0870. The standard InChI is InChI=1S/C23H20N4O2S/c1-16-5-4-6-18(13-16)25-22(28)15-29-19-11-9-17(10-12-19)14-24-27-23-26-20-7-2-3-8-21(20)30-23/h2-14H,15H2,1H3,(H,25,28)(H,26,27)/b24-14-. The summed E-state index contributed by atoms with van der Waals surface area (Å²) in [5, 5.41) is 7.79. The molecule has 0 aliphatic carbocycles. The number of ether oxygens (including phenoxy) is 1. The first-order valence-corrected chi connectivity index (χ1v) is 10.2. The molecule has 0 fully saturated rings. The summed E-state index contributed by atoms with van der Waals surface area (Å²) in [6, 6.07) is 22.9. The first kappa shape index (κ1) is 19.6. The number of para-hydroxylation sites is 1. The Labute approximate surface area is 178 Å². The van der Waals surface area contributed by atoms with Gasteiger partial charge >= 0.3 is 0 Å². The fourth-order valence-electron chi connectivity index (χ4n) is 2.80. The number of hydrogen-bond acceptors (Lipinski definition) is 6. The van der Waals surface area contributed by atoms with Gasteiger partial charge in [0, 0.05) is 5.69 Å². The van der Waals surface area contributed by atoms with Gasteiger partial charge in [-0.05, 0) is 66.6 Å². The van der Waals surface area contributed by atoms with Crippen molar-refractivity contribution in [1.82, 2.24) is 4.98 Å². The molecule has 0 aliphatic heterocycles. The van der Waals surface area contributed by atoms with E-state index in [0.29, 0.717) is 5.75 Å². The van der Waals surface area contributed by atoms with E-state index in [4.69, 9.17) is 4.74 Å². The number of carbonyl (C=O) groups is 1. The van der Waals surface area contributed by atoms with E-state index in [9.17, 15) is 4.79 Å². The van der Waals surface area contributed by atoms with Gasteiger partial charge in [0.25, 0.3) is 5.91 Å². The van der Waals surface area contributed by atoms with Crippen molar-refractivity contribution in [3.63, 3.8) is 0 Å².